The van der Waals surface area contributed by atoms with Crippen LogP contribution in [-0.2, 0) is 13.0 Å². The monoisotopic (exact) mass is 353 g/mol. The molecule has 5 nitrogen and oxygen atoms in total. The van der Waals surface area contributed by atoms with Gasteiger partial charge in [0, 0.05) is 13.0 Å². The van der Waals surface area contributed by atoms with E-state index in [4.69, 9.17) is 4.74 Å². The number of fused-ring (bicyclic) bond motifs is 1. The number of nitrogens with zero attached hydrogens (tertiary/aromatic N) is 1. The molecule has 0 saturated carbocycles. The number of aromatic hydroxyl groups is 1. The Labute approximate surface area is 155 Å². The number of aryl methyl sites for hydroxylation is 2. The van der Waals surface area contributed by atoms with Gasteiger partial charge in [-0.05, 0) is 49.1 Å². The Kier molecular flexibility index (Phi) is 5.66. The van der Waals surface area contributed by atoms with Gasteiger partial charge in [0.05, 0.1) is 13.1 Å². The van der Waals surface area contributed by atoms with Crippen molar-refractivity contribution in [1.29, 1.82) is 0 Å². The second-order valence-electron chi connectivity index (χ2n) is 6.71. The lowest BCUT2D eigenvalue weighted by Crippen LogP contribution is -2.42. The molecule has 0 amide bonds. The van der Waals surface area contributed by atoms with Gasteiger partial charge >= 0.3 is 0 Å². The van der Waals surface area contributed by atoms with E-state index in [0.717, 1.165) is 41.4 Å². The summed E-state index contributed by atoms with van der Waals surface area (Å²) in [7, 11) is 0. The molecule has 0 bridgehead atoms. The number of phenolic OH excluding ortho intramolecular Hbond substituents is 1. The maximum absolute atomic E-state index is 9.90. The van der Waals surface area contributed by atoms with E-state index >= 15 is 0 Å². The highest BCUT2D eigenvalue weighted by molar-refractivity contribution is 5.79. The number of para-hydroxylation sites is 1. The molecule has 1 aliphatic rings. The summed E-state index contributed by atoms with van der Waals surface area (Å²) in [6, 6.07) is 12.1. The zero-order chi connectivity index (χ0) is 18.5. The lowest BCUT2D eigenvalue weighted by Gasteiger charge is -2.15. The Morgan fingerprint density at radius 2 is 1.92 bits per heavy atom. The number of hydrogen-bond donors (Lipinski definition) is 3. The molecule has 0 aromatic heterocycles. The molecule has 5 heteroatoms. The minimum Gasteiger partial charge on any atom is -0.507 e. The molecule has 1 aliphatic heterocycles. The van der Waals surface area contributed by atoms with Crippen LogP contribution < -0.4 is 15.4 Å². The third kappa shape index (κ3) is 4.28. The molecule has 0 spiro atoms. The Bertz CT molecular complexity index is 754. The average Bonchev–Trinajstić information content (AvgIpc) is 3.04. The van der Waals surface area contributed by atoms with Gasteiger partial charge in [-0.15, -0.1) is 0 Å². The van der Waals surface area contributed by atoms with E-state index < -0.39 is 0 Å². The van der Waals surface area contributed by atoms with E-state index in [0.29, 0.717) is 18.8 Å². The standard InChI is InChI=1S/C21H27N3O2/c1-4-22-21(23-12-16-9-14(2)20(25)15(3)10-16)24-13-18-11-17-7-5-6-8-19(17)26-18/h5-10,18,25H,4,11-13H2,1-3H3,(H2,22,23,24). The second-order valence-corrected chi connectivity index (χ2v) is 6.71. The second kappa shape index (κ2) is 8.13. The lowest BCUT2D eigenvalue weighted by atomic mass is 10.1. The maximum Gasteiger partial charge on any atom is 0.191 e. The largest absolute Gasteiger partial charge is 0.507 e. The predicted molar refractivity (Wildman–Crippen MR) is 105 cm³/mol. The first-order valence-corrected chi connectivity index (χ1v) is 9.12. The molecule has 26 heavy (non-hydrogen) atoms. The van der Waals surface area contributed by atoms with Crippen molar-refractivity contribution in [3.05, 3.63) is 58.7 Å². The number of hydrogen-bond acceptors (Lipinski definition) is 3. The molecular weight excluding hydrogens is 326 g/mol. The van der Waals surface area contributed by atoms with Crippen molar-refractivity contribution in [2.75, 3.05) is 13.1 Å². The van der Waals surface area contributed by atoms with Crippen molar-refractivity contribution >= 4 is 5.96 Å². The number of aliphatic imine (C=N–C) groups is 1. The Hall–Kier alpha value is -2.69. The van der Waals surface area contributed by atoms with Gasteiger partial charge in [-0.25, -0.2) is 4.99 Å². The summed E-state index contributed by atoms with van der Waals surface area (Å²) >= 11 is 0. The van der Waals surface area contributed by atoms with Gasteiger partial charge in [0.1, 0.15) is 17.6 Å². The summed E-state index contributed by atoms with van der Waals surface area (Å²) < 4.78 is 5.97. The van der Waals surface area contributed by atoms with Crippen molar-refractivity contribution in [1.82, 2.24) is 10.6 Å². The number of phenols is 1. The first-order chi connectivity index (χ1) is 12.6. The number of guanidine groups is 1. The van der Waals surface area contributed by atoms with E-state index in [1.54, 1.807) is 0 Å². The van der Waals surface area contributed by atoms with Crippen LogP contribution in [-0.4, -0.2) is 30.3 Å². The fraction of sp³-hybridized carbons (Fsp3) is 0.381. The number of benzene rings is 2. The number of ether oxygens (including phenoxy) is 1. The van der Waals surface area contributed by atoms with Crippen molar-refractivity contribution in [3.63, 3.8) is 0 Å². The number of rotatable bonds is 5. The van der Waals surface area contributed by atoms with Gasteiger partial charge in [-0.3, -0.25) is 0 Å². The van der Waals surface area contributed by atoms with Crippen LogP contribution in [0.4, 0.5) is 0 Å². The van der Waals surface area contributed by atoms with Crippen LogP contribution in [0.5, 0.6) is 11.5 Å². The molecule has 0 saturated heterocycles. The van der Waals surface area contributed by atoms with Crippen LogP contribution in [0.2, 0.25) is 0 Å². The van der Waals surface area contributed by atoms with Crippen LogP contribution in [0, 0.1) is 13.8 Å². The fourth-order valence-electron chi connectivity index (χ4n) is 3.23. The molecule has 1 unspecified atom stereocenters. The van der Waals surface area contributed by atoms with E-state index in [9.17, 15) is 5.11 Å². The first kappa shape index (κ1) is 18.1. The summed E-state index contributed by atoms with van der Waals surface area (Å²) in [5, 5.41) is 16.5. The molecule has 0 radical (unpaired) electrons. The van der Waals surface area contributed by atoms with Gasteiger partial charge in [0.25, 0.3) is 0 Å². The van der Waals surface area contributed by atoms with Crippen molar-refractivity contribution in [3.8, 4) is 11.5 Å². The normalized spacial score (nSPS) is 16.1. The molecule has 3 rings (SSSR count). The maximum atomic E-state index is 9.90. The predicted octanol–water partition coefficient (Wildman–Crippen LogP) is 3.07. The SMILES string of the molecule is CCNC(=NCc1cc(C)c(O)c(C)c1)NCC1Cc2ccccc2O1. The lowest BCUT2D eigenvalue weighted by molar-refractivity contribution is 0.235. The molecule has 3 N–H and O–H groups in total. The number of nitrogens with one attached hydrogen (secondary N) is 2. The molecule has 1 heterocycles. The summed E-state index contributed by atoms with van der Waals surface area (Å²) in [5.41, 5.74) is 4.10. The first-order valence-electron chi connectivity index (χ1n) is 9.12. The minimum absolute atomic E-state index is 0.120. The summed E-state index contributed by atoms with van der Waals surface area (Å²) in [5.74, 6) is 2.12. The molecule has 138 valence electrons. The molecule has 2 aromatic carbocycles. The van der Waals surface area contributed by atoms with Crippen LogP contribution >= 0.6 is 0 Å². The van der Waals surface area contributed by atoms with Gasteiger partial charge in [0.15, 0.2) is 5.96 Å². The van der Waals surface area contributed by atoms with E-state index in [1.165, 1.54) is 5.56 Å². The van der Waals surface area contributed by atoms with Gasteiger partial charge in [-0.2, -0.15) is 0 Å². The molecule has 1 atom stereocenters. The average molecular weight is 353 g/mol. The smallest absolute Gasteiger partial charge is 0.191 e. The zero-order valence-corrected chi connectivity index (χ0v) is 15.7. The quantitative estimate of drug-likeness (QED) is 0.571. The Morgan fingerprint density at radius 1 is 1.19 bits per heavy atom. The summed E-state index contributed by atoms with van der Waals surface area (Å²) in [4.78, 5) is 4.66. The highest BCUT2D eigenvalue weighted by atomic mass is 16.5. The van der Waals surface area contributed by atoms with Crippen molar-refractivity contribution < 1.29 is 9.84 Å². The zero-order valence-electron chi connectivity index (χ0n) is 15.7. The van der Waals surface area contributed by atoms with Crippen molar-refractivity contribution in [2.24, 2.45) is 4.99 Å². The minimum atomic E-state index is 0.120. The highest BCUT2D eigenvalue weighted by Gasteiger charge is 2.22. The molecule has 0 aliphatic carbocycles. The molecule has 0 fully saturated rings. The third-order valence-corrected chi connectivity index (χ3v) is 4.53. The fourth-order valence-corrected chi connectivity index (χ4v) is 3.23. The van der Waals surface area contributed by atoms with E-state index in [2.05, 4.69) is 21.7 Å². The van der Waals surface area contributed by atoms with Crippen LogP contribution in [0.25, 0.3) is 0 Å². The molecule has 2 aromatic rings. The van der Waals surface area contributed by atoms with E-state index in [1.807, 2.05) is 51.1 Å². The summed E-state index contributed by atoms with van der Waals surface area (Å²) in [6.45, 7) is 7.93. The topological polar surface area (TPSA) is 65.9 Å². The van der Waals surface area contributed by atoms with Crippen molar-refractivity contribution in [2.45, 2.75) is 39.8 Å². The van der Waals surface area contributed by atoms with Crippen LogP contribution in [0.3, 0.4) is 0 Å². The molecular formula is C21H27N3O2. The highest BCUT2D eigenvalue weighted by Crippen LogP contribution is 2.27. The van der Waals surface area contributed by atoms with Gasteiger partial charge in [0.2, 0.25) is 0 Å². The van der Waals surface area contributed by atoms with Gasteiger partial charge < -0.3 is 20.5 Å². The Balaban J connectivity index is 1.60. The van der Waals surface area contributed by atoms with Gasteiger partial charge in [-0.1, -0.05) is 30.3 Å². The van der Waals surface area contributed by atoms with Crippen LogP contribution in [0.15, 0.2) is 41.4 Å². The Morgan fingerprint density at radius 3 is 2.62 bits per heavy atom. The summed E-state index contributed by atoms with van der Waals surface area (Å²) in [6.07, 6.45) is 1.04. The third-order valence-electron chi connectivity index (χ3n) is 4.53. The van der Waals surface area contributed by atoms with Crippen LogP contribution in [0.1, 0.15) is 29.2 Å². The van der Waals surface area contributed by atoms with E-state index in [-0.39, 0.29) is 6.10 Å².